The Balaban J connectivity index is 1.66. The lowest BCUT2D eigenvalue weighted by atomic mass is 9.96. The first-order valence-electron chi connectivity index (χ1n) is 9.65. The predicted molar refractivity (Wildman–Crippen MR) is 118 cm³/mol. The Kier molecular flexibility index (Phi) is 6.73. The highest BCUT2D eigenvalue weighted by Crippen LogP contribution is 2.48. The standard InChI is InChI=1S/C22H27BrN4O/c1-3-25-21(26-14-16-6-4-7-17(12-16)20(28)24-2)27-15-22(10-11-22)18-8-5-9-19(23)13-18/h4-9,12-13H,3,10-11,14-15H2,1-2H3,(H,24,28)(H2,25,26,27). The number of nitrogens with one attached hydrogen (secondary N) is 3. The summed E-state index contributed by atoms with van der Waals surface area (Å²) >= 11 is 3.57. The Bertz CT molecular complexity index is 861. The van der Waals surface area contributed by atoms with Gasteiger partial charge in [-0.3, -0.25) is 4.79 Å². The van der Waals surface area contributed by atoms with Gasteiger partial charge in [0.15, 0.2) is 5.96 Å². The van der Waals surface area contributed by atoms with Crippen LogP contribution >= 0.6 is 15.9 Å². The van der Waals surface area contributed by atoms with Crippen LogP contribution in [-0.2, 0) is 12.0 Å². The van der Waals surface area contributed by atoms with Crippen molar-refractivity contribution in [2.45, 2.75) is 31.7 Å². The van der Waals surface area contributed by atoms with Gasteiger partial charge in [0.1, 0.15) is 0 Å². The van der Waals surface area contributed by atoms with Gasteiger partial charge in [-0.05, 0) is 55.2 Å². The van der Waals surface area contributed by atoms with E-state index in [0.29, 0.717) is 12.1 Å². The number of carbonyl (C=O) groups excluding carboxylic acids is 1. The number of aliphatic imine (C=N–C) groups is 1. The second-order valence-corrected chi connectivity index (χ2v) is 8.03. The summed E-state index contributed by atoms with van der Waals surface area (Å²) in [6.45, 7) is 4.23. The molecule has 0 aliphatic heterocycles. The summed E-state index contributed by atoms with van der Waals surface area (Å²) in [6.07, 6.45) is 2.37. The van der Waals surface area contributed by atoms with Gasteiger partial charge in [0.25, 0.3) is 5.91 Å². The molecule has 0 radical (unpaired) electrons. The van der Waals surface area contributed by atoms with Crippen molar-refractivity contribution >= 4 is 27.8 Å². The van der Waals surface area contributed by atoms with Gasteiger partial charge >= 0.3 is 0 Å². The van der Waals surface area contributed by atoms with Crippen LogP contribution in [0.25, 0.3) is 0 Å². The van der Waals surface area contributed by atoms with Crippen LogP contribution in [0.4, 0.5) is 0 Å². The highest BCUT2D eigenvalue weighted by molar-refractivity contribution is 9.10. The van der Waals surface area contributed by atoms with Gasteiger partial charge in [-0.2, -0.15) is 0 Å². The second-order valence-electron chi connectivity index (χ2n) is 7.12. The quantitative estimate of drug-likeness (QED) is 0.453. The van der Waals surface area contributed by atoms with Gasteiger partial charge in [0.2, 0.25) is 0 Å². The van der Waals surface area contributed by atoms with Gasteiger partial charge in [-0.25, -0.2) is 4.99 Å². The molecule has 0 saturated heterocycles. The maximum atomic E-state index is 11.8. The summed E-state index contributed by atoms with van der Waals surface area (Å²) in [5.74, 6) is 0.717. The molecule has 1 aliphatic rings. The van der Waals surface area contributed by atoms with Crippen LogP contribution in [0.2, 0.25) is 0 Å². The lowest BCUT2D eigenvalue weighted by Gasteiger charge is -2.19. The second kappa shape index (κ2) is 9.24. The van der Waals surface area contributed by atoms with Crippen molar-refractivity contribution in [2.75, 3.05) is 20.1 Å². The minimum atomic E-state index is -0.0828. The third-order valence-electron chi connectivity index (χ3n) is 5.06. The SMILES string of the molecule is CCNC(=NCc1cccc(C(=O)NC)c1)NCC1(c2cccc(Br)c2)CC1. The molecule has 0 heterocycles. The fourth-order valence-electron chi connectivity index (χ4n) is 3.26. The third kappa shape index (κ3) is 5.13. The van der Waals surface area contributed by atoms with Crippen molar-refractivity contribution < 1.29 is 4.79 Å². The molecule has 0 atom stereocenters. The number of halogens is 1. The zero-order valence-electron chi connectivity index (χ0n) is 16.4. The van der Waals surface area contributed by atoms with Crippen molar-refractivity contribution in [3.05, 3.63) is 69.7 Å². The molecular formula is C22H27BrN4O. The maximum absolute atomic E-state index is 11.8. The molecule has 0 bridgehead atoms. The summed E-state index contributed by atoms with van der Waals surface area (Å²) in [4.78, 5) is 16.5. The number of hydrogen-bond acceptors (Lipinski definition) is 2. The Labute approximate surface area is 175 Å². The molecule has 3 rings (SSSR count). The van der Waals surface area contributed by atoms with E-state index < -0.39 is 0 Å². The Morgan fingerprint density at radius 1 is 1.14 bits per heavy atom. The fraction of sp³-hybridized carbons (Fsp3) is 0.364. The highest BCUT2D eigenvalue weighted by Gasteiger charge is 2.44. The van der Waals surface area contributed by atoms with Gasteiger partial charge in [-0.15, -0.1) is 0 Å². The average Bonchev–Trinajstić information content (AvgIpc) is 3.51. The molecule has 1 aliphatic carbocycles. The van der Waals surface area contributed by atoms with Gasteiger partial charge < -0.3 is 16.0 Å². The monoisotopic (exact) mass is 442 g/mol. The molecule has 1 saturated carbocycles. The number of carbonyl (C=O) groups is 1. The minimum absolute atomic E-state index is 0.0828. The topological polar surface area (TPSA) is 65.5 Å². The molecule has 28 heavy (non-hydrogen) atoms. The lowest BCUT2D eigenvalue weighted by Crippen LogP contribution is -2.41. The summed E-state index contributed by atoms with van der Waals surface area (Å²) < 4.78 is 1.12. The Hall–Kier alpha value is -2.34. The summed E-state index contributed by atoms with van der Waals surface area (Å²) in [7, 11) is 1.64. The first-order valence-corrected chi connectivity index (χ1v) is 10.4. The van der Waals surface area contributed by atoms with Crippen LogP contribution in [0.5, 0.6) is 0 Å². The summed E-state index contributed by atoms with van der Waals surface area (Å²) in [5, 5.41) is 9.47. The Morgan fingerprint density at radius 2 is 1.93 bits per heavy atom. The van der Waals surface area contributed by atoms with Crippen molar-refractivity contribution in [3.8, 4) is 0 Å². The van der Waals surface area contributed by atoms with E-state index in [1.54, 1.807) is 7.05 Å². The van der Waals surface area contributed by atoms with E-state index in [2.05, 4.69) is 63.1 Å². The summed E-state index contributed by atoms with van der Waals surface area (Å²) in [6, 6.07) is 16.1. The largest absolute Gasteiger partial charge is 0.357 e. The van der Waals surface area contributed by atoms with Crippen molar-refractivity contribution in [3.63, 3.8) is 0 Å². The molecule has 5 nitrogen and oxygen atoms in total. The van der Waals surface area contributed by atoms with E-state index in [0.717, 1.165) is 29.1 Å². The van der Waals surface area contributed by atoms with Crippen LogP contribution in [0, 0.1) is 0 Å². The van der Waals surface area contributed by atoms with E-state index >= 15 is 0 Å². The minimum Gasteiger partial charge on any atom is -0.357 e. The van der Waals surface area contributed by atoms with Crippen molar-refractivity contribution in [1.29, 1.82) is 0 Å². The lowest BCUT2D eigenvalue weighted by molar-refractivity contribution is 0.0963. The summed E-state index contributed by atoms with van der Waals surface area (Å²) in [5.41, 5.74) is 3.22. The molecule has 0 aromatic heterocycles. The molecule has 2 aromatic rings. The van der Waals surface area contributed by atoms with E-state index in [1.807, 2.05) is 24.3 Å². The average molecular weight is 443 g/mol. The zero-order chi connectivity index (χ0) is 20.0. The molecule has 1 amide bonds. The fourth-order valence-corrected chi connectivity index (χ4v) is 3.66. The van der Waals surface area contributed by atoms with Crippen LogP contribution in [0.1, 0.15) is 41.3 Å². The smallest absolute Gasteiger partial charge is 0.251 e. The van der Waals surface area contributed by atoms with Crippen molar-refractivity contribution in [1.82, 2.24) is 16.0 Å². The number of rotatable bonds is 7. The van der Waals surface area contributed by atoms with E-state index in [1.165, 1.54) is 18.4 Å². The number of nitrogens with zero attached hydrogens (tertiary/aromatic N) is 1. The Morgan fingerprint density at radius 3 is 2.61 bits per heavy atom. The number of guanidine groups is 1. The van der Waals surface area contributed by atoms with Crippen molar-refractivity contribution in [2.24, 2.45) is 4.99 Å². The zero-order valence-corrected chi connectivity index (χ0v) is 18.0. The highest BCUT2D eigenvalue weighted by atomic mass is 79.9. The molecule has 6 heteroatoms. The van der Waals surface area contributed by atoms with E-state index in [4.69, 9.17) is 4.99 Å². The molecule has 148 valence electrons. The molecule has 0 unspecified atom stereocenters. The molecule has 1 fully saturated rings. The predicted octanol–water partition coefficient (Wildman–Crippen LogP) is 3.60. The maximum Gasteiger partial charge on any atom is 0.251 e. The van der Waals surface area contributed by atoms with Gasteiger partial charge in [-0.1, -0.05) is 40.2 Å². The molecule has 3 N–H and O–H groups in total. The first kappa shape index (κ1) is 20.4. The van der Waals surface area contributed by atoms with E-state index in [-0.39, 0.29) is 11.3 Å². The molecular weight excluding hydrogens is 416 g/mol. The third-order valence-corrected chi connectivity index (χ3v) is 5.56. The number of amides is 1. The molecule has 2 aromatic carbocycles. The van der Waals surface area contributed by atoms with Crippen LogP contribution in [-0.4, -0.2) is 32.0 Å². The van der Waals surface area contributed by atoms with Gasteiger partial charge in [0.05, 0.1) is 6.54 Å². The van der Waals surface area contributed by atoms with Crippen LogP contribution in [0.15, 0.2) is 58.0 Å². The normalized spacial score (nSPS) is 15.0. The van der Waals surface area contributed by atoms with E-state index in [9.17, 15) is 4.79 Å². The number of benzene rings is 2. The van der Waals surface area contributed by atoms with Gasteiger partial charge in [0, 0.05) is 35.6 Å². The number of hydrogen-bond donors (Lipinski definition) is 3. The van der Waals surface area contributed by atoms with Crippen LogP contribution in [0.3, 0.4) is 0 Å². The van der Waals surface area contributed by atoms with Crippen LogP contribution < -0.4 is 16.0 Å². The first-order chi connectivity index (χ1) is 13.6. The molecule has 0 spiro atoms.